The molecule has 110 valence electrons. The zero-order chi connectivity index (χ0) is 15.2. The van der Waals surface area contributed by atoms with Crippen molar-refractivity contribution in [3.8, 4) is 11.3 Å². The van der Waals surface area contributed by atoms with E-state index in [4.69, 9.17) is 10.7 Å². The molecule has 0 fully saturated rings. The predicted octanol–water partition coefficient (Wildman–Crippen LogP) is 3.05. The number of rotatable bonds is 2. The van der Waals surface area contributed by atoms with E-state index in [1.165, 1.54) is 0 Å². The number of hydrogen-bond donors (Lipinski definition) is 1. The maximum absolute atomic E-state index is 6.40. The molecule has 5 heteroatoms. The molecular formula is C15H25N5. The molecule has 0 saturated heterocycles. The van der Waals surface area contributed by atoms with Crippen LogP contribution in [-0.4, -0.2) is 19.3 Å². The number of aryl methyl sites for hydroxylation is 1. The Labute approximate surface area is 120 Å². The third-order valence-corrected chi connectivity index (χ3v) is 3.62. The second-order valence-corrected chi connectivity index (χ2v) is 6.63. The fraction of sp³-hybridized carbons (Fsp3) is 0.600. The van der Waals surface area contributed by atoms with Crippen molar-refractivity contribution in [3.63, 3.8) is 0 Å². The van der Waals surface area contributed by atoms with Gasteiger partial charge >= 0.3 is 0 Å². The summed E-state index contributed by atoms with van der Waals surface area (Å²) >= 11 is 0. The Morgan fingerprint density at radius 3 is 2.20 bits per heavy atom. The second-order valence-electron chi connectivity index (χ2n) is 6.63. The van der Waals surface area contributed by atoms with Gasteiger partial charge in [0.15, 0.2) is 0 Å². The van der Waals surface area contributed by atoms with Crippen LogP contribution in [0.4, 0.5) is 5.82 Å². The van der Waals surface area contributed by atoms with Crippen LogP contribution in [0.5, 0.6) is 0 Å². The van der Waals surface area contributed by atoms with Gasteiger partial charge in [0.2, 0.25) is 0 Å². The third kappa shape index (κ3) is 2.21. The Balaban J connectivity index is 2.71. The summed E-state index contributed by atoms with van der Waals surface area (Å²) in [6.07, 6.45) is 1.84. The van der Waals surface area contributed by atoms with Gasteiger partial charge < -0.3 is 10.3 Å². The first-order chi connectivity index (χ1) is 9.14. The van der Waals surface area contributed by atoms with Crippen molar-refractivity contribution in [2.75, 3.05) is 5.73 Å². The fourth-order valence-corrected chi connectivity index (χ4v) is 2.47. The first-order valence-electron chi connectivity index (χ1n) is 7.02. The lowest BCUT2D eigenvalue weighted by Crippen LogP contribution is -2.26. The molecule has 0 aromatic carbocycles. The van der Waals surface area contributed by atoms with Gasteiger partial charge in [0, 0.05) is 29.8 Å². The summed E-state index contributed by atoms with van der Waals surface area (Å²) in [4.78, 5) is 4.80. The van der Waals surface area contributed by atoms with E-state index in [1.54, 1.807) is 0 Å². The summed E-state index contributed by atoms with van der Waals surface area (Å²) < 4.78 is 3.99. The molecule has 20 heavy (non-hydrogen) atoms. The van der Waals surface area contributed by atoms with Gasteiger partial charge in [-0.3, -0.25) is 4.68 Å². The standard InChI is InChI=1S/C15H25N5/c1-9(2)14-18-12(11-8-17-19(7)10(11)3)13(16)20(14)15(4,5)6/h8-9H,16H2,1-7H3. The van der Waals surface area contributed by atoms with Gasteiger partial charge in [-0.1, -0.05) is 13.8 Å². The number of anilines is 1. The van der Waals surface area contributed by atoms with Crippen LogP contribution < -0.4 is 5.73 Å². The average Bonchev–Trinajstić information content (AvgIpc) is 2.81. The van der Waals surface area contributed by atoms with Crippen LogP contribution in [0.25, 0.3) is 11.3 Å². The van der Waals surface area contributed by atoms with Gasteiger partial charge in [0.1, 0.15) is 17.3 Å². The molecule has 2 rings (SSSR count). The van der Waals surface area contributed by atoms with E-state index in [1.807, 2.05) is 24.9 Å². The molecule has 0 atom stereocenters. The summed E-state index contributed by atoms with van der Waals surface area (Å²) in [5.41, 5.74) is 9.24. The smallest absolute Gasteiger partial charge is 0.132 e. The molecule has 0 radical (unpaired) electrons. The van der Waals surface area contributed by atoms with Crippen molar-refractivity contribution in [3.05, 3.63) is 17.7 Å². The maximum atomic E-state index is 6.40. The van der Waals surface area contributed by atoms with Crippen molar-refractivity contribution in [2.24, 2.45) is 7.05 Å². The predicted molar refractivity (Wildman–Crippen MR) is 82.7 cm³/mol. The van der Waals surface area contributed by atoms with Crippen LogP contribution in [0.1, 0.15) is 52.1 Å². The molecule has 0 bridgehead atoms. The Kier molecular flexibility index (Phi) is 3.40. The van der Waals surface area contributed by atoms with Crippen LogP contribution in [0, 0.1) is 6.92 Å². The molecule has 0 unspecified atom stereocenters. The van der Waals surface area contributed by atoms with Crippen molar-refractivity contribution < 1.29 is 0 Å². The van der Waals surface area contributed by atoms with Crippen molar-refractivity contribution in [2.45, 2.75) is 53.0 Å². The van der Waals surface area contributed by atoms with E-state index in [0.29, 0.717) is 5.92 Å². The largest absolute Gasteiger partial charge is 0.383 e. The van der Waals surface area contributed by atoms with Crippen LogP contribution in [0.2, 0.25) is 0 Å². The van der Waals surface area contributed by atoms with Crippen LogP contribution in [-0.2, 0) is 12.6 Å². The second kappa shape index (κ2) is 4.65. The summed E-state index contributed by atoms with van der Waals surface area (Å²) in [6.45, 7) is 12.8. The van der Waals surface area contributed by atoms with Gasteiger partial charge in [-0.25, -0.2) is 4.98 Å². The molecule has 0 saturated carbocycles. The number of hydrogen-bond acceptors (Lipinski definition) is 3. The van der Waals surface area contributed by atoms with E-state index >= 15 is 0 Å². The summed E-state index contributed by atoms with van der Waals surface area (Å²) in [7, 11) is 1.93. The van der Waals surface area contributed by atoms with Crippen LogP contribution in [0.15, 0.2) is 6.20 Å². The lowest BCUT2D eigenvalue weighted by molar-refractivity contribution is 0.382. The molecule has 2 aromatic rings. The highest BCUT2D eigenvalue weighted by Gasteiger charge is 2.27. The molecule has 5 nitrogen and oxygen atoms in total. The van der Waals surface area contributed by atoms with Gasteiger partial charge in [0.25, 0.3) is 0 Å². The minimum absolute atomic E-state index is 0.0922. The van der Waals surface area contributed by atoms with Crippen LogP contribution >= 0.6 is 0 Å². The molecule has 2 aromatic heterocycles. The van der Waals surface area contributed by atoms with E-state index < -0.39 is 0 Å². The number of nitrogen functional groups attached to an aromatic ring is 1. The van der Waals surface area contributed by atoms with E-state index in [9.17, 15) is 0 Å². The van der Waals surface area contributed by atoms with Crippen LogP contribution in [0.3, 0.4) is 0 Å². The first kappa shape index (κ1) is 14.6. The summed E-state index contributed by atoms with van der Waals surface area (Å²) in [6, 6.07) is 0. The van der Waals surface area contributed by atoms with Crippen molar-refractivity contribution >= 4 is 5.82 Å². The quantitative estimate of drug-likeness (QED) is 0.916. The molecule has 2 N–H and O–H groups in total. The monoisotopic (exact) mass is 275 g/mol. The normalized spacial score (nSPS) is 12.4. The average molecular weight is 275 g/mol. The minimum atomic E-state index is -0.0922. The lowest BCUT2D eigenvalue weighted by Gasteiger charge is -2.26. The maximum Gasteiger partial charge on any atom is 0.132 e. The number of nitrogens with two attached hydrogens (primary N) is 1. The van der Waals surface area contributed by atoms with E-state index in [0.717, 1.165) is 28.6 Å². The Bertz CT molecular complexity index is 625. The molecule has 0 aliphatic heterocycles. The minimum Gasteiger partial charge on any atom is -0.383 e. The highest BCUT2D eigenvalue weighted by Crippen LogP contribution is 2.35. The van der Waals surface area contributed by atoms with Gasteiger partial charge in [-0.2, -0.15) is 5.10 Å². The van der Waals surface area contributed by atoms with Crippen molar-refractivity contribution in [1.82, 2.24) is 19.3 Å². The highest BCUT2D eigenvalue weighted by molar-refractivity contribution is 5.72. The lowest BCUT2D eigenvalue weighted by atomic mass is 10.1. The SMILES string of the molecule is Cc1c(-c2nc(C(C)C)n(C(C)(C)C)c2N)cnn1C. The van der Waals surface area contributed by atoms with Gasteiger partial charge in [-0.15, -0.1) is 0 Å². The fourth-order valence-electron chi connectivity index (χ4n) is 2.47. The van der Waals surface area contributed by atoms with E-state index in [2.05, 4.69) is 44.3 Å². The molecule has 0 amide bonds. The molecule has 2 heterocycles. The van der Waals surface area contributed by atoms with Crippen molar-refractivity contribution in [1.29, 1.82) is 0 Å². The molecule has 0 spiro atoms. The Morgan fingerprint density at radius 2 is 1.85 bits per heavy atom. The van der Waals surface area contributed by atoms with E-state index in [-0.39, 0.29) is 5.54 Å². The third-order valence-electron chi connectivity index (χ3n) is 3.62. The number of aromatic nitrogens is 4. The first-order valence-corrected chi connectivity index (χ1v) is 7.02. The van der Waals surface area contributed by atoms with Gasteiger partial charge in [-0.05, 0) is 27.7 Å². The van der Waals surface area contributed by atoms with Gasteiger partial charge in [0.05, 0.1) is 6.20 Å². The topological polar surface area (TPSA) is 61.7 Å². The summed E-state index contributed by atoms with van der Waals surface area (Å²) in [5.74, 6) is 2.06. The summed E-state index contributed by atoms with van der Waals surface area (Å²) in [5, 5.41) is 4.29. The zero-order valence-electron chi connectivity index (χ0n) is 13.5. The molecule has 0 aliphatic rings. The number of imidazole rings is 1. The Morgan fingerprint density at radius 1 is 1.25 bits per heavy atom. The zero-order valence-corrected chi connectivity index (χ0v) is 13.5. The Hall–Kier alpha value is -1.78. The molecule has 0 aliphatic carbocycles. The highest BCUT2D eigenvalue weighted by atomic mass is 15.3. The molecular weight excluding hydrogens is 250 g/mol. The number of nitrogens with zero attached hydrogens (tertiary/aromatic N) is 4.